The maximum atomic E-state index is 11.5. The van der Waals surface area contributed by atoms with Crippen LogP contribution < -0.4 is 5.32 Å². The van der Waals surface area contributed by atoms with Crippen molar-refractivity contribution in [2.75, 3.05) is 0 Å². The van der Waals surface area contributed by atoms with E-state index in [1.165, 1.54) is 0 Å². The van der Waals surface area contributed by atoms with Crippen molar-refractivity contribution in [1.82, 2.24) is 5.32 Å². The SMILES string of the molecule is CCC1(c2ccccc2)CC(=O)NC(=O)C1. The van der Waals surface area contributed by atoms with Crippen molar-refractivity contribution in [3.05, 3.63) is 35.9 Å². The van der Waals surface area contributed by atoms with Crippen molar-refractivity contribution in [2.24, 2.45) is 0 Å². The van der Waals surface area contributed by atoms with Crippen LogP contribution >= 0.6 is 0 Å². The minimum atomic E-state index is -0.305. The molecule has 1 fully saturated rings. The van der Waals surface area contributed by atoms with E-state index in [2.05, 4.69) is 5.32 Å². The first kappa shape index (κ1) is 10.9. The van der Waals surface area contributed by atoms with E-state index >= 15 is 0 Å². The molecular weight excluding hydrogens is 202 g/mol. The van der Waals surface area contributed by atoms with Crippen molar-refractivity contribution in [1.29, 1.82) is 0 Å². The predicted octanol–water partition coefficient (Wildman–Crippen LogP) is 1.77. The summed E-state index contributed by atoms with van der Waals surface area (Å²) in [6, 6.07) is 9.83. The van der Waals surface area contributed by atoms with Gasteiger partial charge in [-0.2, -0.15) is 0 Å². The van der Waals surface area contributed by atoms with Crippen LogP contribution in [0.1, 0.15) is 31.7 Å². The molecular formula is C13H15NO2. The maximum absolute atomic E-state index is 11.5. The fourth-order valence-corrected chi connectivity index (χ4v) is 2.37. The average Bonchev–Trinajstić information content (AvgIpc) is 2.29. The quantitative estimate of drug-likeness (QED) is 0.767. The summed E-state index contributed by atoms with van der Waals surface area (Å²) in [7, 11) is 0. The van der Waals surface area contributed by atoms with Gasteiger partial charge in [0.2, 0.25) is 11.8 Å². The van der Waals surface area contributed by atoms with Gasteiger partial charge in [0, 0.05) is 18.3 Å². The minimum Gasteiger partial charge on any atom is -0.296 e. The molecule has 3 nitrogen and oxygen atoms in total. The van der Waals surface area contributed by atoms with E-state index in [1.807, 2.05) is 37.3 Å². The molecule has 0 radical (unpaired) electrons. The van der Waals surface area contributed by atoms with E-state index in [0.717, 1.165) is 12.0 Å². The highest BCUT2D eigenvalue weighted by atomic mass is 16.2. The van der Waals surface area contributed by atoms with E-state index in [4.69, 9.17) is 0 Å². The number of benzene rings is 1. The molecule has 0 bridgehead atoms. The number of piperidine rings is 1. The average molecular weight is 217 g/mol. The minimum absolute atomic E-state index is 0.165. The first-order chi connectivity index (χ1) is 7.66. The molecule has 3 heteroatoms. The lowest BCUT2D eigenvalue weighted by Crippen LogP contribution is -2.46. The Morgan fingerprint density at radius 3 is 2.19 bits per heavy atom. The van der Waals surface area contributed by atoms with Gasteiger partial charge in [0.1, 0.15) is 0 Å². The molecule has 0 aromatic heterocycles. The van der Waals surface area contributed by atoms with Crippen LogP contribution in [-0.2, 0) is 15.0 Å². The van der Waals surface area contributed by atoms with Gasteiger partial charge in [0.25, 0.3) is 0 Å². The van der Waals surface area contributed by atoms with E-state index < -0.39 is 0 Å². The lowest BCUT2D eigenvalue weighted by Gasteiger charge is -2.35. The summed E-state index contributed by atoms with van der Waals surface area (Å²) in [5.74, 6) is -0.330. The topological polar surface area (TPSA) is 46.2 Å². The fourth-order valence-electron chi connectivity index (χ4n) is 2.37. The molecule has 1 saturated heterocycles. The summed E-state index contributed by atoms with van der Waals surface area (Å²) >= 11 is 0. The van der Waals surface area contributed by atoms with Crippen LogP contribution in [0.5, 0.6) is 0 Å². The molecule has 2 rings (SSSR count). The van der Waals surface area contributed by atoms with E-state index in [-0.39, 0.29) is 17.2 Å². The van der Waals surface area contributed by atoms with Gasteiger partial charge < -0.3 is 0 Å². The number of carbonyl (C=O) groups is 2. The van der Waals surface area contributed by atoms with Gasteiger partial charge >= 0.3 is 0 Å². The van der Waals surface area contributed by atoms with Crippen LogP contribution in [0.25, 0.3) is 0 Å². The lowest BCUT2D eigenvalue weighted by atomic mass is 9.71. The van der Waals surface area contributed by atoms with Crippen LogP contribution in [0.4, 0.5) is 0 Å². The Bertz CT molecular complexity index is 395. The van der Waals surface area contributed by atoms with Gasteiger partial charge in [-0.15, -0.1) is 0 Å². The molecule has 1 aliphatic rings. The summed E-state index contributed by atoms with van der Waals surface area (Å²) in [5, 5.41) is 2.36. The van der Waals surface area contributed by atoms with Crippen LogP contribution in [0.3, 0.4) is 0 Å². The maximum Gasteiger partial charge on any atom is 0.227 e. The summed E-state index contributed by atoms with van der Waals surface area (Å²) < 4.78 is 0. The number of rotatable bonds is 2. The molecule has 1 aromatic carbocycles. The number of nitrogens with one attached hydrogen (secondary N) is 1. The van der Waals surface area contributed by atoms with Crippen LogP contribution in [0, 0.1) is 0 Å². The highest BCUT2D eigenvalue weighted by molar-refractivity contribution is 5.99. The van der Waals surface area contributed by atoms with Crippen LogP contribution in [0.15, 0.2) is 30.3 Å². The van der Waals surface area contributed by atoms with Crippen LogP contribution in [-0.4, -0.2) is 11.8 Å². The zero-order valence-corrected chi connectivity index (χ0v) is 9.32. The molecule has 0 atom stereocenters. The Morgan fingerprint density at radius 1 is 1.12 bits per heavy atom. The Kier molecular flexibility index (Phi) is 2.77. The Hall–Kier alpha value is -1.64. The van der Waals surface area contributed by atoms with Crippen molar-refractivity contribution in [3.8, 4) is 0 Å². The molecule has 1 aromatic rings. The third kappa shape index (κ3) is 1.85. The van der Waals surface area contributed by atoms with Crippen molar-refractivity contribution >= 4 is 11.8 Å². The summed E-state index contributed by atoms with van der Waals surface area (Å²) in [4.78, 5) is 23.0. The third-order valence-electron chi connectivity index (χ3n) is 3.34. The summed E-state index contributed by atoms with van der Waals surface area (Å²) in [5.41, 5.74) is 0.779. The van der Waals surface area contributed by atoms with Gasteiger partial charge in [-0.3, -0.25) is 14.9 Å². The van der Waals surface area contributed by atoms with Gasteiger partial charge in [-0.25, -0.2) is 0 Å². The Balaban J connectivity index is 2.39. The first-order valence-electron chi connectivity index (χ1n) is 5.54. The number of amides is 2. The highest BCUT2D eigenvalue weighted by Gasteiger charge is 2.39. The standard InChI is InChI=1S/C13H15NO2/c1-2-13(10-6-4-3-5-7-10)8-11(15)14-12(16)9-13/h3-7H,2,8-9H2,1H3,(H,14,15,16). The van der Waals surface area contributed by atoms with Crippen molar-refractivity contribution in [2.45, 2.75) is 31.6 Å². The van der Waals surface area contributed by atoms with Gasteiger partial charge in [0.15, 0.2) is 0 Å². The Morgan fingerprint density at radius 2 is 1.69 bits per heavy atom. The smallest absolute Gasteiger partial charge is 0.227 e. The summed E-state index contributed by atoms with van der Waals surface area (Å²) in [6.07, 6.45) is 1.61. The first-order valence-corrected chi connectivity index (χ1v) is 5.54. The normalized spacial score (nSPS) is 19.3. The number of hydrogen-bond acceptors (Lipinski definition) is 2. The Labute approximate surface area is 94.9 Å². The molecule has 16 heavy (non-hydrogen) atoms. The summed E-state index contributed by atoms with van der Waals surface area (Å²) in [6.45, 7) is 2.03. The largest absolute Gasteiger partial charge is 0.296 e. The molecule has 0 unspecified atom stereocenters. The number of imide groups is 1. The van der Waals surface area contributed by atoms with Crippen molar-refractivity contribution < 1.29 is 9.59 Å². The fraction of sp³-hybridized carbons (Fsp3) is 0.385. The molecule has 0 saturated carbocycles. The number of carbonyl (C=O) groups excluding carboxylic acids is 2. The second kappa shape index (κ2) is 4.08. The second-order valence-electron chi connectivity index (χ2n) is 4.32. The third-order valence-corrected chi connectivity index (χ3v) is 3.34. The van der Waals surface area contributed by atoms with Gasteiger partial charge in [-0.1, -0.05) is 37.3 Å². The van der Waals surface area contributed by atoms with E-state index in [0.29, 0.717) is 12.8 Å². The molecule has 84 valence electrons. The zero-order valence-electron chi connectivity index (χ0n) is 9.32. The molecule has 1 aliphatic heterocycles. The zero-order chi connectivity index (χ0) is 11.6. The molecule has 1 N–H and O–H groups in total. The van der Waals surface area contributed by atoms with Crippen LogP contribution in [0.2, 0.25) is 0 Å². The monoisotopic (exact) mass is 217 g/mol. The second-order valence-corrected chi connectivity index (χ2v) is 4.32. The van der Waals surface area contributed by atoms with E-state index in [9.17, 15) is 9.59 Å². The predicted molar refractivity (Wildman–Crippen MR) is 60.8 cm³/mol. The molecule has 0 aliphatic carbocycles. The van der Waals surface area contributed by atoms with Crippen molar-refractivity contribution in [3.63, 3.8) is 0 Å². The lowest BCUT2D eigenvalue weighted by molar-refractivity contribution is -0.135. The molecule has 0 spiro atoms. The number of hydrogen-bond donors (Lipinski definition) is 1. The van der Waals surface area contributed by atoms with Gasteiger partial charge in [0.05, 0.1) is 0 Å². The molecule has 2 amide bonds. The molecule has 1 heterocycles. The van der Waals surface area contributed by atoms with E-state index in [1.54, 1.807) is 0 Å². The highest BCUT2D eigenvalue weighted by Crippen LogP contribution is 2.37. The van der Waals surface area contributed by atoms with Gasteiger partial charge in [-0.05, 0) is 12.0 Å².